The third kappa shape index (κ3) is 4.66. The summed E-state index contributed by atoms with van der Waals surface area (Å²) >= 11 is 0. The van der Waals surface area contributed by atoms with E-state index < -0.39 is 41.6 Å². The number of halogens is 2. The molecule has 32 heavy (non-hydrogen) atoms. The van der Waals surface area contributed by atoms with Crippen molar-refractivity contribution in [2.24, 2.45) is 5.92 Å². The summed E-state index contributed by atoms with van der Waals surface area (Å²) in [6, 6.07) is 3.49. The average Bonchev–Trinajstić information content (AvgIpc) is 3.24. The highest BCUT2D eigenvalue weighted by Gasteiger charge is 2.40. The smallest absolute Gasteiger partial charge is 0.309 e. The molecule has 2 fully saturated rings. The molecule has 2 aromatic rings. The number of hydrogen-bond donors (Lipinski definition) is 3. The van der Waals surface area contributed by atoms with Crippen molar-refractivity contribution in [1.29, 1.82) is 0 Å². The molecule has 0 unspecified atom stereocenters. The number of likely N-dealkylation sites (tertiary alicyclic amines) is 1. The van der Waals surface area contributed by atoms with Gasteiger partial charge in [0.2, 0.25) is 0 Å². The van der Waals surface area contributed by atoms with Crippen molar-refractivity contribution >= 4 is 11.9 Å². The molecular formula is C22H25F2N3O5. The van der Waals surface area contributed by atoms with E-state index in [1.165, 1.54) is 12.1 Å². The number of nitrogens with zero attached hydrogens (tertiary/aromatic N) is 2. The average molecular weight is 449 g/mol. The van der Waals surface area contributed by atoms with Gasteiger partial charge in [0.05, 0.1) is 17.6 Å². The lowest BCUT2D eigenvalue weighted by molar-refractivity contribution is -0.145. The van der Waals surface area contributed by atoms with Crippen LogP contribution in [0, 0.1) is 17.6 Å². The van der Waals surface area contributed by atoms with Gasteiger partial charge in [-0.3, -0.25) is 14.5 Å². The van der Waals surface area contributed by atoms with E-state index in [0.717, 1.165) is 25.3 Å². The highest BCUT2D eigenvalue weighted by molar-refractivity contribution is 5.93. The summed E-state index contributed by atoms with van der Waals surface area (Å²) in [4.78, 5) is 26.6. The van der Waals surface area contributed by atoms with Gasteiger partial charge in [-0.2, -0.15) is 0 Å². The Morgan fingerprint density at radius 3 is 2.66 bits per heavy atom. The Morgan fingerprint density at radius 2 is 1.94 bits per heavy atom. The van der Waals surface area contributed by atoms with Crippen LogP contribution in [0.5, 0.6) is 0 Å². The number of amides is 1. The number of benzene rings is 1. The number of carbonyl (C=O) groups is 2. The first kappa shape index (κ1) is 22.3. The number of carboxylic acid groups (broad SMARTS) is 1. The second kappa shape index (κ2) is 9.33. The third-order valence-electron chi connectivity index (χ3n) is 6.38. The Labute approximate surface area is 183 Å². The van der Waals surface area contributed by atoms with Crippen molar-refractivity contribution in [1.82, 2.24) is 15.4 Å². The Hall–Kier alpha value is -2.85. The second-order valence-corrected chi connectivity index (χ2v) is 8.43. The number of aliphatic hydroxyl groups is 1. The number of carbonyl (C=O) groups excluding carboxylic acids is 1. The van der Waals surface area contributed by atoms with Gasteiger partial charge in [0.25, 0.3) is 5.91 Å². The van der Waals surface area contributed by atoms with E-state index in [4.69, 9.17) is 4.52 Å². The van der Waals surface area contributed by atoms with Crippen molar-refractivity contribution in [2.45, 2.75) is 50.3 Å². The predicted octanol–water partition coefficient (Wildman–Crippen LogP) is 2.43. The summed E-state index contributed by atoms with van der Waals surface area (Å²) in [5.74, 6) is -4.14. The van der Waals surface area contributed by atoms with Crippen LogP contribution in [0.1, 0.15) is 42.6 Å². The predicted molar refractivity (Wildman–Crippen MR) is 109 cm³/mol. The molecule has 10 heteroatoms. The van der Waals surface area contributed by atoms with E-state index in [-0.39, 0.29) is 29.6 Å². The minimum Gasteiger partial charge on any atom is -0.481 e. The van der Waals surface area contributed by atoms with Gasteiger partial charge in [0, 0.05) is 37.3 Å². The molecule has 4 atom stereocenters. The molecule has 3 N–H and O–H groups in total. The molecule has 1 aliphatic carbocycles. The molecule has 1 aliphatic heterocycles. The number of nitrogens with one attached hydrogen (secondary N) is 1. The van der Waals surface area contributed by atoms with Gasteiger partial charge in [-0.15, -0.1) is 0 Å². The van der Waals surface area contributed by atoms with E-state index in [0.29, 0.717) is 25.5 Å². The summed E-state index contributed by atoms with van der Waals surface area (Å²) in [6.07, 6.45) is 3.44. The van der Waals surface area contributed by atoms with Gasteiger partial charge < -0.3 is 20.1 Å². The maximum absolute atomic E-state index is 14.0. The Bertz CT molecular complexity index is 998. The minimum atomic E-state index is -1.03. The third-order valence-corrected chi connectivity index (χ3v) is 6.38. The maximum Gasteiger partial charge on any atom is 0.309 e. The minimum absolute atomic E-state index is 0.0384. The SMILES string of the molecule is O=C(N[C@@H]1CCN([C@H]2CCCC[C@H]2O)C[C@H]1C(=O)O)c1cc(-c2ccc(F)cc2F)on1. The number of aromatic nitrogens is 1. The fraction of sp³-hybridized carbons (Fsp3) is 0.500. The topological polar surface area (TPSA) is 116 Å². The molecule has 4 rings (SSSR count). The number of hydrogen-bond acceptors (Lipinski definition) is 6. The fourth-order valence-corrected chi connectivity index (χ4v) is 4.66. The van der Waals surface area contributed by atoms with E-state index >= 15 is 0 Å². The van der Waals surface area contributed by atoms with Crippen LogP contribution in [0.3, 0.4) is 0 Å². The number of piperidine rings is 1. The summed E-state index contributed by atoms with van der Waals surface area (Å²) in [6.45, 7) is 0.786. The van der Waals surface area contributed by atoms with Gasteiger partial charge in [-0.05, 0) is 31.4 Å². The lowest BCUT2D eigenvalue weighted by Gasteiger charge is -2.43. The molecule has 1 aromatic heterocycles. The van der Waals surface area contributed by atoms with Gasteiger partial charge in [-0.25, -0.2) is 8.78 Å². The molecule has 2 aliphatic rings. The van der Waals surface area contributed by atoms with Crippen molar-refractivity contribution in [3.8, 4) is 11.3 Å². The van der Waals surface area contributed by atoms with Crippen LogP contribution in [-0.2, 0) is 4.79 Å². The zero-order chi connectivity index (χ0) is 22.8. The highest BCUT2D eigenvalue weighted by Crippen LogP contribution is 2.29. The van der Waals surface area contributed by atoms with Crippen molar-refractivity contribution in [2.75, 3.05) is 13.1 Å². The first-order valence-electron chi connectivity index (χ1n) is 10.7. The van der Waals surface area contributed by atoms with Gasteiger partial charge in [-0.1, -0.05) is 18.0 Å². The molecule has 8 nitrogen and oxygen atoms in total. The molecular weight excluding hydrogens is 424 g/mol. The zero-order valence-electron chi connectivity index (χ0n) is 17.3. The number of rotatable bonds is 5. The molecule has 0 spiro atoms. The van der Waals surface area contributed by atoms with Crippen molar-refractivity contribution < 1.29 is 33.1 Å². The quantitative estimate of drug-likeness (QED) is 0.642. The highest BCUT2D eigenvalue weighted by atomic mass is 19.1. The van der Waals surface area contributed by atoms with Crippen LogP contribution in [0.15, 0.2) is 28.8 Å². The molecule has 0 radical (unpaired) electrons. The summed E-state index contributed by atoms with van der Waals surface area (Å²) < 4.78 is 32.1. The normalized spacial score (nSPS) is 26.6. The molecule has 1 saturated heterocycles. The Balaban J connectivity index is 1.43. The molecule has 0 bridgehead atoms. The number of aliphatic carboxylic acids is 1. The van der Waals surface area contributed by atoms with Crippen molar-refractivity contribution in [3.63, 3.8) is 0 Å². The number of carboxylic acids is 1. The van der Waals surface area contributed by atoms with Gasteiger partial charge >= 0.3 is 5.97 Å². The fourth-order valence-electron chi connectivity index (χ4n) is 4.66. The molecule has 1 amide bonds. The monoisotopic (exact) mass is 449 g/mol. The van der Waals surface area contributed by atoms with Crippen LogP contribution in [-0.4, -0.2) is 63.4 Å². The molecule has 2 heterocycles. The van der Waals surface area contributed by atoms with E-state index in [1.807, 2.05) is 4.90 Å². The van der Waals surface area contributed by atoms with E-state index in [2.05, 4.69) is 10.5 Å². The van der Waals surface area contributed by atoms with Crippen LogP contribution in [0.4, 0.5) is 8.78 Å². The summed E-state index contributed by atoms with van der Waals surface area (Å²) in [5.41, 5.74) is -0.168. The number of aliphatic hydroxyl groups excluding tert-OH is 1. The zero-order valence-corrected chi connectivity index (χ0v) is 17.3. The first-order valence-corrected chi connectivity index (χ1v) is 10.7. The van der Waals surface area contributed by atoms with Crippen LogP contribution in [0.25, 0.3) is 11.3 Å². The molecule has 1 saturated carbocycles. The second-order valence-electron chi connectivity index (χ2n) is 8.43. The van der Waals surface area contributed by atoms with E-state index in [9.17, 15) is 28.6 Å². The molecule has 172 valence electrons. The van der Waals surface area contributed by atoms with Crippen LogP contribution in [0.2, 0.25) is 0 Å². The van der Waals surface area contributed by atoms with Crippen LogP contribution < -0.4 is 5.32 Å². The lowest BCUT2D eigenvalue weighted by Crippen LogP contribution is -2.58. The lowest BCUT2D eigenvalue weighted by atomic mass is 9.86. The van der Waals surface area contributed by atoms with Gasteiger partial charge in [0.15, 0.2) is 11.5 Å². The Morgan fingerprint density at radius 1 is 1.16 bits per heavy atom. The standard InChI is InChI=1S/C22H25F2N3O5/c23-12-5-6-13(15(24)9-12)20-10-17(26-32-20)21(29)25-16-7-8-27(11-14(16)22(30)31)18-3-1-2-4-19(18)28/h5-6,9-10,14,16,18-19,28H,1-4,7-8,11H2,(H,25,29)(H,30,31)/t14-,16-,18+,19-/m1/s1. The largest absolute Gasteiger partial charge is 0.481 e. The molecule has 1 aromatic carbocycles. The Kier molecular flexibility index (Phi) is 6.52. The maximum atomic E-state index is 14.0. The summed E-state index contributed by atoms with van der Waals surface area (Å²) in [5, 5.41) is 26.4. The first-order chi connectivity index (χ1) is 15.3. The van der Waals surface area contributed by atoms with Crippen LogP contribution >= 0.6 is 0 Å². The van der Waals surface area contributed by atoms with E-state index in [1.54, 1.807) is 0 Å². The summed E-state index contributed by atoms with van der Waals surface area (Å²) in [7, 11) is 0. The van der Waals surface area contributed by atoms with Crippen molar-refractivity contribution in [3.05, 3.63) is 41.6 Å². The van der Waals surface area contributed by atoms with Gasteiger partial charge in [0.1, 0.15) is 11.6 Å².